The van der Waals surface area contributed by atoms with Crippen molar-refractivity contribution in [2.75, 3.05) is 13.1 Å². The van der Waals surface area contributed by atoms with Crippen molar-refractivity contribution in [2.24, 2.45) is 0 Å². The smallest absolute Gasteiger partial charge is 0.468 e. The van der Waals surface area contributed by atoms with Crippen molar-refractivity contribution in [1.82, 2.24) is 4.90 Å². The van der Waals surface area contributed by atoms with Crippen LogP contribution in [-0.2, 0) is 14.0 Å². The van der Waals surface area contributed by atoms with Crippen LogP contribution in [0.15, 0.2) is 12.2 Å². The second-order valence-electron chi connectivity index (χ2n) is 5.63. The molecular weight excluding hydrogens is 233 g/mol. The van der Waals surface area contributed by atoms with Crippen molar-refractivity contribution < 1.29 is 18.8 Å². The molecule has 0 radical (unpaired) electrons. The molecule has 1 amide bonds. The molecule has 0 atom stereocenters. The number of amides is 1. The van der Waals surface area contributed by atoms with E-state index in [0.717, 1.165) is 6.42 Å². The topological polar surface area (TPSA) is 48.0 Å². The predicted molar refractivity (Wildman–Crippen MR) is 67.9 cm³/mol. The Hall–Kier alpha value is -1.01. The number of carbonyl (C=O) groups is 1. The molecule has 18 heavy (non-hydrogen) atoms. The van der Waals surface area contributed by atoms with Crippen molar-refractivity contribution in [2.45, 2.75) is 45.3 Å². The van der Waals surface area contributed by atoms with Crippen LogP contribution in [0.5, 0.6) is 0 Å². The zero-order valence-corrected chi connectivity index (χ0v) is 11.4. The lowest BCUT2D eigenvalue weighted by Crippen LogP contribution is -2.41. The average Bonchev–Trinajstić information content (AvgIpc) is 2.48. The molecule has 5 nitrogen and oxygen atoms in total. The molecule has 0 aromatic heterocycles. The van der Waals surface area contributed by atoms with E-state index in [1.54, 1.807) is 4.90 Å². The quantitative estimate of drug-likeness (QED) is 0.529. The van der Waals surface area contributed by atoms with Crippen LogP contribution in [0, 0.1) is 0 Å². The largest absolute Gasteiger partial charge is 0.717 e. The van der Waals surface area contributed by atoms with Crippen LogP contribution in [0.2, 0.25) is 0 Å². The summed E-state index contributed by atoms with van der Waals surface area (Å²) in [6, 6.07) is 0. The summed E-state index contributed by atoms with van der Waals surface area (Å²) in [5, 5.41) is 0. The summed E-state index contributed by atoms with van der Waals surface area (Å²) >= 11 is 0. The van der Waals surface area contributed by atoms with Gasteiger partial charge in [0, 0.05) is 13.1 Å². The number of carbonyl (C=O) groups excluding carboxylic acids is 1. The van der Waals surface area contributed by atoms with Crippen LogP contribution >= 0.6 is 0 Å². The minimum absolute atomic E-state index is 0.391. The summed E-state index contributed by atoms with van der Waals surface area (Å²) in [6.07, 6.45) is 4.48. The summed E-state index contributed by atoms with van der Waals surface area (Å²) in [5.74, 6) is 0. The molecule has 2 aliphatic rings. The van der Waals surface area contributed by atoms with Crippen LogP contribution in [0.4, 0.5) is 4.79 Å². The molecular formula is C12H20BNO4. The number of hydrogen-bond acceptors (Lipinski definition) is 4. The fourth-order valence-corrected chi connectivity index (χ4v) is 1.80. The molecule has 100 valence electrons. The monoisotopic (exact) mass is 253 g/mol. The highest BCUT2D eigenvalue weighted by molar-refractivity contribution is 6.40. The van der Waals surface area contributed by atoms with Gasteiger partial charge in [-0.2, -0.15) is 0 Å². The SMILES string of the molecule is CC1(C)OB(OC(=O)N2CC=CCC2)OC1(C)C. The van der Waals surface area contributed by atoms with Crippen LogP contribution in [0.3, 0.4) is 0 Å². The van der Waals surface area contributed by atoms with Crippen molar-refractivity contribution in [1.29, 1.82) is 0 Å². The van der Waals surface area contributed by atoms with Gasteiger partial charge in [0.2, 0.25) is 0 Å². The highest BCUT2D eigenvalue weighted by atomic mass is 16.8. The van der Waals surface area contributed by atoms with Gasteiger partial charge < -0.3 is 18.9 Å². The summed E-state index contributed by atoms with van der Waals surface area (Å²) in [7, 11) is -0.923. The first-order valence-corrected chi connectivity index (χ1v) is 6.28. The van der Waals surface area contributed by atoms with Crippen LogP contribution < -0.4 is 0 Å². The molecule has 2 rings (SSSR count). The van der Waals surface area contributed by atoms with E-state index in [9.17, 15) is 4.79 Å². The molecule has 0 aliphatic carbocycles. The predicted octanol–water partition coefficient (Wildman–Crippen LogP) is 1.97. The first-order valence-electron chi connectivity index (χ1n) is 6.28. The van der Waals surface area contributed by atoms with E-state index < -0.39 is 24.6 Å². The first kappa shape index (κ1) is 13.4. The molecule has 0 aromatic carbocycles. The minimum atomic E-state index is -0.923. The molecule has 6 heteroatoms. The van der Waals surface area contributed by atoms with Crippen molar-refractivity contribution in [3.05, 3.63) is 12.2 Å². The Bertz CT molecular complexity index is 351. The fraction of sp³-hybridized carbons (Fsp3) is 0.750. The molecule has 0 bridgehead atoms. The molecule has 2 aliphatic heterocycles. The summed E-state index contributed by atoms with van der Waals surface area (Å²) in [4.78, 5) is 13.5. The molecule has 0 aromatic rings. The van der Waals surface area contributed by atoms with Gasteiger partial charge in [-0.1, -0.05) is 12.2 Å². The molecule has 1 fully saturated rings. The first-order chi connectivity index (χ1) is 8.32. The molecule has 0 N–H and O–H groups in total. The van der Waals surface area contributed by atoms with Crippen LogP contribution in [0.25, 0.3) is 0 Å². The van der Waals surface area contributed by atoms with E-state index in [4.69, 9.17) is 14.0 Å². The lowest BCUT2D eigenvalue weighted by atomic mass is 9.90. The average molecular weight is 253 g/mol. The van der Waals surface area contributed by atoms with Gasteiger partial charge in [-0.05, 0) is 34.1 Å². The Balaban J connectivity index is 1.91. The van der Waals surface area contributed by atoms with Crippen molar-refractivity contribution >= 4 is 13.4 Å². The van der Waals surface area contributed by atoms with Crippen LogP contribution in [-0.4, -0.2) is 42.6 Å². The molecule has 2 heterocycles. The molecule has 1 saturated heterocycles. The Morgan fingerprint density at radius 2 is 1.83 bits per heavy atom. The Kier molecular flexibility index (Phi) is 3.42. The van der Waals surface area contributed by atoms with Gasteiger partial charge >= 0.3 is 13.4 Å². The Labute approximate surface area is 108 Å². The van der Waals surface area contributed by atoms with Gasteiger partial charge in [0.1, 0.15) is 0 Å². The highest BCUT2D eigenvalue weighted by Gasteiger charge is 2.55. The van der Waals surface area contributed by atoms with E-state index in [-0.39, 0.29) is 0 Å². The van der Waals surface area contributed by atoms with E-state index in [1.165, 1.54) is 0 Å². The minimum Gasteiger partial charge on any atom is -0.468 e. The third kappa shape index (κ3) is 2.54. The van der Waals surface area contributed by atoms with Crippen LogP contribution in [0.1, 0.15) is 34.1 Å². The summed E-state index contributed by atoms with van der Waals surface area (Å²) in [5.41, 5.74) is -0.973. The standard InChI is InChI=1S/C12H20BNO4/c1-11(2)12(3,4)18-13(17-11)16-10(15)14-8-6-5-7-9-14/h5-6H,7-9H2,1-4H3. The third-order valence-corrected chi connectivity index (χ3v) is 3.75. The Morgan fingerprint density at radius 3 is 2.33 bits per heavy atom. The molecule has 0 unspecified atom stereocenters. The maximum Gasteiger partial charge on any atom is 0.717 e. The maximum atomic E-state index is 11.9. The van der Waals surface area contributed by atoms with Crippen molar-refractivity contribution in [3.63, 3.8) is 0 Å². The fourth-order valence-electron chi connectivity index (χ4n) is 1.80. The van der Waals surface area contributed by atoms with E-state index >= 15 is 0 Å². The number of nitrogens with zero attached hydrogens (tertiary/aromatic N) is 1. The third-order valence-electron chi connectivity index (χ3n) is 3.75. The van der Waals surface area contributed by atoms with Gasteiger partial charge in [-0.25, -0.2) is 4.79 Å². The lowest BCUT2D eigenvalue weighted by Gasteiger charge is -2.31. The maximum absolute atomic E-state index is 11.9. The Morgan fingerprint density at radius 1 is 1.22 bits per heavy atom. The molecule has 0 saturated carbocycles. The zero-order valence-electron chi connectivity index (χ0n) is 11.4. The van der Waals surface area contributed by atoms with Gasteiger partial charge in [0.25, 0.3) is 0 Å². The van der Waals surface area contributed by atoms with Gasteiger partial charge in [0.15, 0.2) is 0 Å². The van der Waals surface area contributed by atoms with Crippen molar-refractivity contribution in [3.8, 4) is 0 Å². The summed E-state index contributed by atoms with van der Waals surface area (Å²) in [6.45, 7) is 8.94. The zero-order chi connectivity index (χ0) is 13.4. The van der Waals surface area contributed by atoms with Gasteiger partial charge in [-0.15, -0.1) is 0 Å². The van der Waals surface area contributed by atoms with Gasteiger partial charge in [0.05, 0.1) is 11.2 Å². The normalized spacial score (nSPS) is 25.3. The van der Waals surface area contributed by atoms with E-state index in [0.29, 0.717) is 13.1 Å². The van der Waals surface area contributed by atoms with E-state index in [2.05, 4.69) is 6.08 Å². The second kappa shape index (κ2) is 4.59. The van der Waals surface area contributed by atoms with Gasteiger partial charge in [-0.3, -0.25) is 0 Å². The number of rotatable bonds is 1. The lowest BCUT2D eigenvalue weighted by molar-refractivity contribution is 0.00578. The summed E-state index contributed by atoms with van der Waals surface area (Å²) < 4.78 is 16.5. The molecule has 0 spiro atoms. The number of hydrogen-bond donors (Lipinski definition) is 0. The highest BCUT2D eigenvalue weighted by Crippen LogP contribution is 2.36. The van der Waals surface area contributed by atoms with E-state index in [1.807, 2.05) is 33.8 Å². The second-order valence-corrected chi connectivity index (χ2v) is 5.63.